The van der Waals surface area contributed by atoms with Crippen LogP contribution in [0.15, 0.2) is 0 Å². The Kier molecular flexibility index (Phi) is 2.58. The van der Waals surface area contributed by atoms with Crippen LogP contribution in [0.1, 0.15) is 51.9 Å². The van der Waals surface area contributed by atoms with Crippen LogP contribution in [0.3, 0.4) is 0 Å². The van der Waals surface area contributed by atoms with E-state index in [0.717, 1.165) is 23.7 Å². The summed E-state index contributed by atoms with van der Waals surface area (Å²) in [5, 5.41) is 0. The van der Waals surface area contributed by atoms with Crippen molar-refractivity contribution >= 4 is 8.07 Å². The number of hydrogen-bond acceptors (Lipinski definition) is 0. The van der Waals surface area contributed by atoms with E-state index < -0.39 is 8.07 Å². The Morgan fingerprint density at radius 3 is 2.11 bits per heavy atom. The molecule has 102 valence electrons. The first-order valence-electron chi connectivity index (χ1n) is 8.55. The van der Waals surface area contributed by atoms with E-state index in [1.54, 1.807) is 44.9 Å². The molecular weight excluding hydrogens is 232 g/mol. The molecule has 4 rings (SSSR count). The minimum Gasteiger partial charge on any atom is -0.0689 e. The first kappa shape index (κ1) is 12.0. The zero-order chi connectivity index (χ0) is 12.5. The maximum absolute atomic E-state index is 2.79. The molecule has 0 aliphatic heterocycles. The molecule has 4 aliphatic rings. The number of fused-ring (bicyclic) bond motifs is 4. The van der Waals surface area contributed by atoms with Crippen LogP contribution < -0.4 is 0 Å². The van der Waals surface area contributed by atoms with Crippen molar-refractivity contribution in [2.24, 2.45) is 29.6 Å². The summed E-state index contributed by atoms with van der Waals surface area (Å²) in [5.41, 5.74) is 2.42. The minimum absolute atomic E-state index is 0.986. The van der Waals surface area contributed by atoms with Gasteiger partial charge in [-0.2, -0.15) is 0 Å². The van der Waals surface area contributed by atoms with Crippen LogP contribution in [0, 0.1) is 29.6 Å². The predicted octanol–water partition coefficient (Wildman–Crippen LogP) is 5.32. The summed E-state index contributed by atoms with van der Waals surface area (Å²) in [4.78, 5) is 0. The van der Waals surface area contributed by atoms with Crippen molar-refractivity contribution in [1.29, 1.82) is 0 Å². The summed E-state index contributed by atoms with van der Waals surface area (Å²) in [6, 6.07) is 0. The van der Waals surface area contributed by atoms with Crippen LogP contribution in [0.25, 0.3) is 0 Å². The Balaban J connectivity index is 1.56. The first-order valence-corrected chi connectivity index (χ1v) is 11.7. The van der Waals surface area contributed by atoms with Crippen LogP contribution in [0.4, 0.5) is 0 Å². The van der Waals surface area contributed by atoms with Gasteiger partial charge in [-0.25, -0.2) is 0 Å². The summed E-state index contributed by atoms with van der Waals surface area (Å²) in [5.74, 6) is 5.68. The van der Waals surface area contributed by atoms with E-state index in [2.05, 4.69) is 20.0 Å². The minimum atomic E-state index is -0.986. The fraction of sp³-hybridized carbons (Fsp3) is 1.00. The standard InChI is InChI=1S/C17H30Si/c1-11-6-13-8-15(11)17(10-13)18(2,3)16-9-12-4-5-14(16)7-12/h11-17H,4-10H2,1-3H3. The molecule has 0 spiro atoms. The van der Waals surface area contributed by atoms with Crippen LogP contribution in [0.5, 0.6) is 0 Å². The van der Waals surface area contributed by atoms with Gasteiger partial charge in [-0.3, -0.25) is 0 Å². The molecule has 0 aromatic carbocycles. The molecule has 0 heterocycles. The second-order valence-electron chi connectivity index (χ2n) is 8.92. The van der Waals surface area contributed by atoms with Gasteiger partial charge in [-0.05, 0) is 72.8 Å². The van der Waals surface area contributed by atoms with Crippen LogP contribution in [-0.2, 0) is 0 Å². The highest BCUT2D eigenvalue weighted by atomic mass is 28.3. The Hall–Kier alpha value is 0.217. The third-order valence-corrected chi connectivity index (χ3v) is 13.0. The van der Waals surface area contributed by atoms with E-state index in [1.807, 2.05) is 0 Å². The molecule has 0 aromatic heterocycles. The van der Waals surface area contributed by atoms with Crippen molar-refractivity contribution in [1.82, 2.24) is 0 Å². The molecule has 0 N–H and O–H groups in total. The summed E-state index contributed by atoms with van der Waals surface area (Å²) in [7, 11) is -0.986. The quantitative estimate of drug-likeness (QED) is 0.591. The topological polar surface area (TPSA) is 0 Å². The van der Waals surface area contributed by atoms with Gasteiger partial charge in [-0.1, -0.05) is 32.9 Å². The van der Waals surface area contributed by atoms with E-state index in [9.17, 15) is 0 Å². The maximum atomic E-state index is 2.79. The van der Waals surface area contributed by atoms with Crippen molar-refractivity contribution < 1.29 is 0 Å². The van der Waals surface area contributed by atoms with Crippen molar-refractivity contribution in [2.45, 2.75) is 76.0 Å². The number of rotatable bonds is 2. The predicted molar refractivity (Wildman–Crippen MR) is 80.4 cm³/mol. The fourth-order valence-corrected chi connectivity index (χ4v) is 12.5. The van der Waals surface area contributed by atoms with E-state index in [1.165, 1.54) is 17.0 Å². The highest BCUT2D eigenvalue weighted by molar-refractivity contribution is 6.80. The van der Waals surface area contributed by atoms with Crippen molar-refractivity contribution in [3.05, 3.63) is 0 Å². The van der Waals surface area contributed by atoms with Gasteiger partial charge in [0, 0.05) is 0 Å². The van der Waals surface area contributed by atoms with E-state index >= 15 is 0 Å². The molecule has 4 fully saturated rings. The molecular formula is C17H30Si. The first-order chi connectivity index (χ1) is 8.55. The summed E-state index contributed by atoms with van der Waals surface area (Å²) in [6.07, 6.45) is 11.3. The molecule has 18 heavy (non-hydrogen) atoms. The lowest BCUT2D eigenvalue weighted by atomic mass is 9.90. The maximum Gasteiger partial charge on any atom is 0.0541 e. The van der Waals surface area contributed by atoms with Crippen LogP contribution in [0.2, 0.25) is 24.2 Å². The SMILES string of the molecule is CC1CC2CC1C([Si](C)(C)C1CC3CCC1C3)C2. The molecule has 0 aromatic rings. The van der Waals surface area contributed by atoms with Gasteiger partial charge in [0.25, 0.3) is 0 Å². The van der Waals surface area contributed by atoms with E-state index in [0.29, 0.717) is 0 Å². The second-order valence-corrected chi connectivity index (χ2v) is 14.0. The Morgan fingerprint density at radius 2 is 1.56 bits per heavy atom. The largest absolute Gasteiger partial charge is 0.0689 e. The molecule has 0 saturated heterocycles. The molecule has 1 heteroatoms. The van der Waals surface area contributed by atoms with Gasteiger partial charge in [0.1, 0.15) is 0 Å². The van der Waals surface area contributed by atoms with E-state index in [4.69, 9.17) is 0 Å². The van der Waals surface area contributed by atoms with Crippen molar-refractivity contribution in [3.63, 3.8) is 0 Å². The lowest BCUT2D eigenvalue weighted by molar-refractivity contribution is 0.344. The highest BCUT2D eigenvalue weighted by Crippen LogP contribution is 2.64. The van der Waals surface area contributed by atoms with Crippen LogP contribution >= 0.6 is 0 Å². The average Bonchev–Trinajstić information content (AvgIpc) is 3.07. The highest BCUT2D eigenvalue weighted by Gasteiger charge is 2.56. The molecule has 7 atom stereocenters. The average molecular weight is 263 g/mol. The normalized spacial score (nSPS) is 54.5. The molecule has 0 radical (unpaired) electrons. The summed E-state index contributed by atoms with van der Waals surface area (Å²) >= 11 is 0. The fourth-order valence-electron chi connectivity index (χ4n) is 6.99. The monoisotopic (exact) mass is 262 g/mol. The van der Waals surface area contributed by atoms with E-state index in [-0.39, 0.29) is 0 Å². The third kappa shape index (κ3) is 1.55. The summed E-state index contributed by atoms with van der Waals surface area (Å²) < 4.78 is 0. The summed E-state index contributed by atoms with van der Waals surface area (Å²) in [6.45, 7) is 8.13. The zero-order valence-electron chi connectivity index (χ0n) is 12.5. The van der Waals surface area contributed by atoms with Gasteiger partial charge < -0.3 is 0 Å². The Labute approximate surface area is 114 Å². The molecule has 7 unspecified atom stereocenters. The second kappa shape index (κ2) is 3.87. The van der Waals surface area contributed by atoms with Gasteiger partial charge >= 0.3 is 0 Å². The molecule has 4 aliphatic carbocycles. The Bertz CT molecular complexity index is 348. The van der Waals surface area contributed by atoms with Gasteiger partial charge in [-0.15, -0.1) is 0 Å². The van der Waals surface area contributed by atoms with Crippen molar-refractivity contribution in [3.8, 4) is 0 Å². The smallest absolute Gasteiger partial charge is 0.0541 e. The molecule has 0 amide bonds. The van der Waals surface area contributed by atoms with Gasteiger partial charge in [0.05, 0.1) is 8.07 Å². The zero-order valence-corrected chi connectivity index (χ0v) is 13.5. The lowest BCUT2D eigenvalue weighted by Gasteiger charge is -2.45. The van der Waals surface area contributed by atoms with Crippen molar-refractivity contribution in [2.75, 3.05) is 0 Å². The Morgan fingerprint density at radius 1 is 0.778 bits per heavy atom. The lowest BCUT2D eigenvalue weighted by Crippen LogP contribution is -2.43. The molecule has 0 nitrogen and oxygen atoms in total. The van der Waals surface area contributed by atoms with Gasteiger partial charge in [0.2, 0.25) is 0 Å². The molecule has 4 saturated carbocycles. The third-order valence-electron chi connectivity index (χ3n) is 7.80. The van der Waals surface area contributed by atoms with Gasteiger partial charge in [0.15, 0.2) is 0 Å². The molecule has 4 bridgehead atoms. The van der Waals surface area contributed by atoms with Crippen LogP contribution in [-0.4, -0.2) is 8.07 Å². The number of hydrogen-bond donors (Lipinski definition) is 0.